The van der Waals surface area contributed by atoms with Crippen LogP contribution in [0.1, 0.15) is 18.3 Å². The third kappa shape index (κ3) is 2.84. The molecule has 1 aliphatic heterocycles. The van der Waals surface area contributed by atoms with Crippen molar-refractivity contribution in [2.24, 2.45) is 10.2 Å². The molecule has 1 aromatic rings. The van der Waals surface area contributed by atoms with Gasteiger partial charge in [0.15, 0.2) is 5.69 Å². The zero-order valence-corrected chi connectivity index (χ0v) is 11.6. The second kappa shape index (κ2) is 5.48. The molecule has 1 aromatic heterocycles. The van der Waals surface area contributed by atoms with Crippen LogP contribution in [0, 0.1) is 6.92 Å². The van der Waals surface area contributed by atoms with Gasteiger partial charge < -0.3 is 19.3 Å². The SMILES string of the molecule is CCOC(=O)OC1(OC(=O)O)N=Nc2c(C)nc(Cl)nc21. The van der Waals surface area contributed by atoms with Crippen molar-refractivity contribution in [3.05, 3.63) is 16.7 Å². The first-order chi connectivity index (χ1) is 9.88. The maximum atomic E-state index is 11.5. The van der Waals surface area contributed by atoms with Crippen molar-refractivity contribution >= 4 is 29.6 Å². The predicted molar refractivity (Wildman–Crippen MR) is 65.2 cm³/mol. The molecule has 0 aliphatic carbocycles. The number of halogens is 1. The number of carboxylic acid groups (broad SMARTS) is 1. The van der Waals surface area contributed by atoms with E-state index < -0.39 is 18.2 Å². The smallest absolute Gasteiger partial charge is 0.450 e. The van der Waals surface area contributed by atoms with Crippen molar-refractivity contribution in [2.75, 3.05) is 6.61 Å². The molecule has 0 amide bonds. The first-order valence-corrected chi connectivity index (χ1v) is 6.01. The van der Waals surface area contributed by atoms with E-state index in [-0.39, 0.29) is 23.3 Å². The molecular formula is C10H9ClN4O6. The standard InChI is InChI=1S/C10H9ClN4O6/c1-3-19-9(18)21-10(20-8(16)17)6-5(14-15-10)4(2)12-7(11)13-6/h3H2,1-2H3,(H,16,17). The van der Waals surface area contributed by atoms with Gasteiger partial charge in [0.2, 0.25) is 5.28 Å². The van der Waals surface area contributed by atoms with Crippen LogP contribution in [0.15, 0.2) is 10.2 Å². The first kappa shape index (κ1) is 14.9. The van der Waals surface area contributed by atoms with Gasteiger partial charge >= 0.3 is 18.2 Å². The Labute approximate surface area is 122 Å². The molecule has 0 spiro atoms. The minimum atomic E-state index is -2.40. The minimum Gasteiger partial charge on any atom is -0.450 e. The molecule has 2 rings (SSSR count). The quantitative estimate of drug-likeness (QED) is 0.511. The lowest BCUT2D eigenvalue weighted by atomic mass is 10.2. The summed E-state index contributed by atoms with van der Waals surface area (Å²) in [5.41, 5.74) is 0.220. The van der Waals surface area contributed by atoms with Crippen LogP contribution in [-0.2, 0) is 20.1 Å². The molecule has 21 heavy (non-hydrogen) atoms. The van der Waals surface area contributed by atoms with Gasteiger partial charge in [-0.3, -0.25) is 0 Å². The number of aromatic nitrogens is 2. The van der Waals surface area contributed by atoms with Crippen LogP contribution < -0.4 is 0 Å². The van der Waals surface area contributed by atoms with Gasteiger partial charge in [-0.2, -0.15) is 0 Å². The number of carbonyl (C=O) groups is 2. The van der Waals surface area contributed by atoms with E-state index in [0.717, 1.165) is 0 Å². The van der Waals surface area contributed by atoms with Crippen LogP contribution in [0.25, 0.3) is 0 Å². The number of nitrogens with zero attached hydrogens (tertiary/aromatic N) is 4. The van der Waals surface area contributed by atoms with Gasteiger partial charge in [0.05, 0.1) is 12.3 Å². The molecule has 0 radical (unpaired) electrons. The fourth-order valence-electron chi connectivity index (χ4n) is 1.57. The zero-order chi connectivity index (χ0) is 15.6. The molecule has 1 N–H and O–H groups in total. The molecule has 1 aliphatic rings. The number of rotatable bonds is 3. The lowest BCUT2D eigenvalue weighted by Gasteiger charge is -2.22. The number of carbonyl (C=O) groups excluding carboxylic acids is 1. The van der Waals surface area contributed by atoms with Gasteiger partial charge in [-0.25, -0.2) is 19.6 Å². The van der Waals surface area contributed by atoms with Crippen LogP contribution in [0.5, 0.6) is 0 Å². The van der Waals surface area contributed by atoms with E-state index >= 15 is 0 Å². The van der Waals surface area contributed by atoms with E-state index in [1.807, 2.05) is 0 Å². The molecule has 112 valence electrons. The summed E-state index contributed by atoms with van der Waals surface area (Å²) >= 11 is 5.71. The summed E-state index contributed by atoms with van der Waals surface area (Å²) in [5, 5.41) is 15.8. The van der Waals surface area contributed by atoms with Gasteiger partial charge in [-0.1, -0.05) is 5.11 Å². The number of aryl methyl sites for hydroxylation is 1. The lowest BCUT2D eigenvalue weighted by Crippen LogP contribution is -2.35. The van der Waals surface area contributed by atoms with Crippen molar-refractivity contribution in [3.8, 4) is 0 Å². The Kier molecular flexibility index (Phi) is 3.89. The second-order valence-electron chi connectivity index (χ2n) is 3.71. The third-order valence-electron chi connectivity index (χ3n) is 2.32. The van der Waals surface area contributed by atoms with Gasteiger partial charge in [0.25, 0.3) is 0 Å². The van der Waals surface area contributed by atoms with Gasteiger partial charge in [-0.05, 0) is 25.4 Å². The van der Waals surface area contributed by atoms with E-state index in [4.69, 9.17) is 21.4 Å². The van der Waals surface area contributed by atoms with E-state index in [9.17, 15) is 9.59 Å². The molecular weight excluding hydrogens is 308 g/mol. The minimum absolute atomic E-state index is 0.00947. The second-order valence-corrected chi connectivity index (χ2v) is 4.05. The number of hydrogen-bond donors (Lipinski definition) is 1. The summed E-state index contributed by atoms with van der Waals surface area (Å²) in [6.07, 6.45) is -2.95. The Morgan fingerprint density at radius 3 is 2.67 bits per heavy atom. The molecule has 10 nitrogen and oxygen atoms in total. The molecule has 0 aromatic carbocycles. The summed E-state index contributed by atoms with van der Waals surface area (Å²) in [7, 11) is 0. The molecule has 1 atom stereocenters. The van der Waals surface area contributed by atoms with E-state index in [1.165, 1.54) is 0 Å². The highest BCUT2D eigenvalue weighted by molar-refractivity contribution is 6.28. The Hall–Kier alpha value is -2.49. The van der Waals surface area contributed by atoms with Crippen molar-refractivity contribution in [1.82, 2.24) is 9.97 Å². The van der Waals surface area contributed by atoms with Gasteiger partial charge in [-0.15, -0.1) is 5.11 Å². The highest BCUT2D eigenvalue weighted by atomic mass is 35.5. The molecule has 0 fully saturated rings. The monoisotopic (exact) mass is 316 g/mol. The summed E-state index contributed by atoms with van der Waals surface area (Å²) in [5.74, 6) is -2.40. The third-order valence-corrected chi connectivity index (χ3v) is 2.49. The number of hydrogen-bond acceptors (Lipinski definition) is 9. The van der Waals surface area contributed by atoms with E-state index in [1.54, 1.807) is 13.8 Å². The number of fused-ring (bicyclic) bond motifs is 1. The molecule has 2 heterocycles. The zero-order valence-electron chi connectivity index (χ0n) is 10.9. The lowest BCUT2D eigenvalue weighted by molar-refractivity contribution is -0.190. The fourth-order valence-corrected chi connectivity index (χ4v) is 1.78. The average molecular weight is 317 g/mol. The van der Waals surface area contributed by atoms with Crippen LogP contribution in [0.2, 0.25) is 5.28 Å². The largest absolute Gasteiger partial charge is 0.513 e. The highest BCUT2D eigenvalue weighted by Gasteiger charge is 2.51. The van der Waals surface area contributed by atoms with Crippen molar-refractivity contribution in [1.29, 1.82) is 0 Å². The Balaban J connectivity index is 2.48. The maximum Gasteiger partial charge on any atom is 0.513 e. The van der Waals surface area contributed by atoms with Crippen molar-refractivity contribution < 1.29 is 28.9 Å². The highest BCUT2D eigenvalue weighted by Crippen LogP contribution is 2.43. The van der Waals surface area contributed by atoms with Crippen LogP contribution >= 0.6 is 11.6 Å². The van der Waals surface area contributed by atoms with Gasteiger partial charge in [0, 0.05) is 0 Å². The van der Waals surface area contributed by atoms with Gasteiger partial charge in [0.1, 0.15) is 5.69 Å². The summed E-state index contributed by atoms with van der Waals surface area (Å²) in [4.78, 5) is 29.9. The maximum absolute atomic E-state index is 11.5. The van der Waals surface area contributed by atoms with Crippen molar-refractivity contribution in [2.45, 2.75) is 19.8 Å². The van der Waals surface area contributed by atoms with E-state index in [0.29, 0.717) is 5.69 Å². The Bertz CT molecular complexity index is 636. The molecule has 0 bridgehead atoms. The predicted octanol–water partition coefficient (Wildman–Crippen LogP) is 2.51. The molecule has 0 saturated heterocycles. The van der Waals surface area contributed by atoms with E-state index in [2.05, 4.69) is 29.7 Å². The Morgan fingerprint density at radius 1 is 1.33 bits per heavy atom. The average Bonchev–Trinajstić information content (AvgIpc) is 2.67. The fraction of sp³-hybridized carbons (Fsp3) is 0.400. The van der Waals surface area contributed by atoms with Crippen molar-refractivity contribution in [3.63, 3.8) is 0 Å². The summed E-state index contributed by atoms with van der Waals surface area (Å²) in [6.45, 7) is 3.10. The van der Waals surface area contributed by atoms with Crippen LogP contribution in [0.3, 0.4) is 0 Å². The van der Waals surface area contributed by atoms with Crippen LogP contribution in [-0.4, -0.2) is 34.0 Å². The molecule has 1 unspecified atom stereocenters. The summed E-state index contributed by atoms with van der Waals surface area (Å²) < 4.78 is 13.9. The normalized spacial score (nSPS) is 19.0. The Morgan fingerprint density at radius 2 is 2.05 bits per heavy atom. The molecule has 11 heteroatoms. The summed E-state index contributed by atoms with van der Waals surface area (Å²) in [6, 6.07) is 0. The number of azo groups is 1. The number of ether oxygens (including phenoxy) is 3. The first-order valence-electron chi connectivity index (χ1n) is 5.63. The topological polar surface area (TPSA) is 133 Å². The molecule has 0 saturated carbocycles. The van der Waals surface area contributed by atoms with Crippen LogP contribution in [0.4, 0.5) is 15.3 Å².